The third kappa shape index (κ3) is 5.82. The van der Waals surface area contributed by atoms with Crippen molar-refractivity contribution in [1.82, 2.24) is 20.3 Å². The maximum Gasteiger partial charge on any atom is 0.405 e. The van der Waals surface area contributed by atoms with Crippen LogP contribution in [0.2, 0.25) is 0 Å². The van der Waals surface area contributed by atoms with Gasteiger partial charge in [-0.3, -0.25) is 4.79 Å². The van der Waals surface area contributed by atoms with Crippen molar-refractivity contribution >= 4 is 22.0 Å². The third-order valence-electron chi connectivity index (χ3n) is 4.75. The van der Waals surface area contributed by atoms with Crippen LogP contribution in [0.3, 0.4) is 0 Å². The van der Waals surface area contributed by atoms with Crippen molar-refractivity contribution in [3.8, 4) is 0 Å². The standard InChI is InChI=1S/C16H30N4O5S/c1-16(2,3)18-10-5-6-13(12(9-10)19-26(4,24)25)20-8-7-11(14(20)21)17-15(22)23/h10-13,17-19H,5-9H2,1-4H3,(H,22,23)/t10-,11+,12-,13+/m1/s1. The summed E-state index contributed by atoms with van der Waals surface area (Å²) in [5.74, 6) is -0.278. The average Bonchev–Trinajstić information content (AvgIpc) is 2.76. The molecule has 1 aliphatic heterocycles. The first kappa shape index (κ1) is 20.9. The molecule has 10 heteroatoms. The number of carboxylic acid groups (broad SMARTS) is 1. The Morgan fingerprint density at radius 1 is 1.23 bits per heavy atom. The molecule has 2 amide bonds. The highest BCUT2D eigenvalue weighted by atomic mass is 32.2. The van der Waals surface area contributed by atoms with Crippen LogP contribution < -0.4 is 15.4 Å². The van der Waals surface area contributed by atoms with E-state index in [0.29, 0.717) is 25.8 Å². The molecule has 0 unspecified atom stereocenters. The SMILES string of the molecule is CC(C)(C)N[C@@H]1CC[C@H](N2CC[C@H](NC(=O)O)C2=O)[C@H](NS(C)(=O)=O)C1. The van der Waals surface area contributed by atoms with Crippen LogP contribution in [0, 0.1) is 0 Å². The van der Waals surface area contributed by atoms with Gasteiger partial charge in [-0.25, -0.2) is 17.9 Å². The number of rotatable bonds is 5. The third-order valence-corrected chi connectivity index (χ3v) is 5.49. The van der Waals surface area contributed by atoms with Crippen LogP contribution in [-0.4, -0.2) is 72.9 Å². The highest BCUT2D eigenvalue weighted by Gasteiger charge is 2.43. The second-order valence-electron chi connectivity index (χ2n) is 8.29. The Hall–Kier alpha value is -1.39. The molecule has 4 atom stereocenters. The Kier molecular flexibility index (Phi) is 6.19. The molecule has 0 aromatic carbocycles. The van der Waals surface area contributed by atoms with Crippen molar-refractivity contribution in [3.05, 3.63) is 0 Å². The van der Waals surface area contributed by atoms with Gasteiger partial charge in [-0.1, -0.05) is 0 Å². The fourth-order valence-electron chi connectivity index (χ4n) is 3.99. The summed E-state index contributed by atoms with van der Waals surface area (Å²) in [7, 11) is -3.43. The van der Waals surface area contributed by atoms with E-state index in [0.717, 1.165) is 12.7 Å². The minimum Gasteiger partial charge on any atom is -0.465 e. The maximum atomic E-state index is 12.6. The van der Waals surface area contributed by atoms with Crippen molar-refractivity contribution in [2.45, 2.75) is 76.2 Å². The first-order valence-corrected chi connectivity index (χ1v) is 10.8. The smallest absolute Gasteiger partial charge is 0.405 e. The maximum absolute atomic E-state index is 12.6. The Balaban J connectivity index is 2.13. The van der Waals surface area contributed by atoms with Crippen LogP contribution in [-0.2, 0) is 14.8 Å². The molecule has 2 aliphatic rings. The number of hydrogen-bond donors (Lipinski definition) is 4. The van der Waals surface area contributed by atoms with Crippen molar-refractivity contribution in [1.29, 1.82) is 0 Å². The lowest BCUT2D eigenvalue weighted by molar-refractivity contribution is -0.132. The van der Waals surface area contributed by atoms with Crippen molar-refractivity contribution in [3.63, 3.8) is 0 Å². The highest BCUT2D eigenvalue weighted by Crippen LogP contribution is 2.28. The van der Waals surface area contributed by atoms with E-state index in [1.807, 2.05) is 0 Å². The van der Waals surface area contributed by atoms with Crippen LogP contribution >= 0.6 is 0 Å². The largest absolute Gasteiger partial charge is 0.465 e. The Bertz CT molecular complexity index is 646. The summed E-state index contributed by atoms with van der Waals surface area (Å²) in [6.45, 7) is 6.60. The zero-order chi connectivity index (χ0) is 19.7. The van der Waals surface area contributed by atoms with E-state index in [4.69, 9.17) is 5.11 Å². The molecule has 1 aliphatic carbocycles. The normalized spacial score (nSPS) is 30.5. The predicted molar refractivity (Wildman–Crippen MR) is 97.4 cm³/mol. The molecular formula is C16H30N4O5S. The molecule has 2 rings (SSSR count). The zero-order valence-electron chi connectivity index (χ0n) is 15.8. The van der Waals surface area contributed by atoms with Crippen LogP contribution in [0.25, 0.3) is 0 Å². The molecule has 0 radical (unpaired) electrons. The number of sulfonamides is 1. The minimum atomic E-state index is -3.43. The lowest BCUT2D eigenvalue weighted by Gasteiger charge is -2.43. The monoisotopic (exact) mass is 390 g/mol. The summed E-state index contributed by atoms with van der Waals surface area (Å²) >= 11 is 0. The van der Waals surface area contributed by atoms with Gasteiger partial charge in [0.2, 0.25) is 15.9 Å². The number of carbonyl (C=O) groups is 2. The number of nitrogens with one attached hydrogen (secondary N) is 3. The fraction of sp³-hybridized carbons (Fsp3) is 0.875. The number of amides is 2. The summed E-state index contributed by atoms with van der Waals surface area (Å²) in [6.07, 6.45) is 2.35. The van der Waals surface area contributed by atoms with Crippen molar-refractivity contribution < 1.29 is 23.1 Å². The molecule has 26 heavy (non-hydrogen) atoms. The second-order valence-corrected chi connectivity index (χ2v) is 10.1. The Morgan fingerprint density at radius 2 is 1.88 bits per heavy atom. The number of carbonyl (C=O) groups excluding carboxylic acids is 1. The molecule has 0 aromatic heterocycles. The number of nitrogens with zero attached hydrogens (tertiary/aromatic N) is 1. The van der Waals surface area contributed by atoms with Crippen LogP contribution in [0.5, 0.6) is 0 Å². The van der Waals surface area contributed by atoms with E-state index in [1.54, 1.807) is 4.90 Å². The molecular weight excluding hydrogens is 360 g/mol. The fourth-order valence-corrected chi connectivity index (χ4v) is 4.79. The number of hydrogen-bond acceptors (Lipinski definition) is 5. The van der Waals surface area contributed by atoms with E-state index in [2.05, 4.69) is 36.1 Å². The van der Waals surface area contributed by atoms with Gasteiger partial charge in [-0.15, -0.1) is 0 Å². The van der Waals surface area contributed by atoms with Crippen LogP contribution in [0.15, 0.2) is 0 Å². The van der Waals surface area contributed by atoms with E-state index >= 15 is 0 Å². The van der Waals surface area contributed by atoms with Gasteiger partial charge in [0, 0.05) is 30.2 Å². The summed E-state index contributed by atoms with van der Waals surface area (Å²) in [5.41, 5.74) is -0.0902. The van der Waals surface area contributed by atoms with Gasteiger partial charge in [0.25, 0.3) is 0 Å². The molecule has 1 saturated heterocycles. The molecule has 1 saturated carbocycles. The lowest BCUT2D eigenvalue weighted by atomic mass is 9.85. The average molecular weight is 391 g/mol. The Morgan fingerprint density at radius 3 is 2.42 bits per heavy atom. The van der Waals surface area contributed by atoms with Gasteiger partial charge < -0.3 is 20.6 Å². The molecule has 2 fully saturated rings. The topological polar surface area (TPSA) is 128 Å². The highest BCUT2D eigenvalue weighted by molar-refractivity contribution is 7.88. The van der Waals surface area contributed by atoms with Gasteiger partial charge in [0.05, 0.1) is 6.26 Å². The van der Waals surface area contributed by atoms with Gasteiger partial charge in [-0.05, 0) is 46.5 Å². The van der Waals surface area contributed by atoms with Gasteiger partial charge in [0.1, 0.15) is 6.04 Å². The van der Waals surface area contributed by atoms with E-state index in [-0.39, 0.29) is 23.5 Å². The minimum absolute atomic E-state index is 0.0902. The van der Waals surface area contributed by atoms with Gasteiger partial charge >= 0.3 is 6.09 Å². The van der Waals surface area contributed by atoms with Gasteiger partial charge in [-0.2, -0.15) is 0 Å². The molecule has 0 spiro atoms. The summed E-state index contributed by atoms with van der Waals surface area (Å²) in [6, 6.07) is -1.27. The predicted octanol–water partition coefficient (Wildman–Crippen LogP) is 0.0819. The molecule has 9 nitrogen and oxygen atoms in total. The first-order valence-electron chi connectivity index (χ1n) is 8.90. The van der Waals surface area contributed by atoms with Crippen LogP contribution in [0.4, 0.5) is 4.79 Å². The molecule has 0 bridgehead atoms. The van der Waals surface area contributed by atoms with E-state index < -0.39 is 28.2 Å². The van der Waals surface area contributed by atoms with Crippen molar-refractivity contribution in [2.75, 3.05) is 12.8 Å². The second kappa shape index (κ2) is 7.69. The molecule has 150 valence electrons. The lowest BCUT2D eigenvalue weighted by Crippen LogP contribution is -2.59. The first-order chi connectivity index (χ1) is 11.9. The molecule has 4 N–H and O–H groups in total. The van der Waals surface area contributed by atoms with Crippen LogP contribution in [0.1, 0.15) is 46.5 Å². The summed E-state index contributed by atoms with van der Waals surface area (Å²) in [5, 5.41) is 14.6. The quantitative estimate of drug-likeness (QED) is 0.526. The summed E-state index contributed by atoms with van der Waals surface area (Å²) in [4.78, 5) is 25.0. The Labute approximate surface area is 154 Å². The molecule has 0 aromatic rings. The van der Waals surface area contributed by atoms with E-state index in [1.165, 1.54) is 0 Å². The number of likely N-dealkylation sites (tertiary alicyclic amines) is 1. The zero-order valence-corrected chi connectivity index (χ0v) is 16.6. The van der Waals surface area contributed by atoms with E-state index in [9.17, 15) is 18.0 Å². The van der Waals surface area contributed by atoms with Gasteiger partial charge in [0.15, 0.2) is 0 Å². The van der Waals surface area contributed by atoms with Crippen molar-refractivity contribution in [2.24, 2.45) is 0 Å². The molecule has 1 heterocycles. The summed E-state index contributed by atoms with van der Waals surface area (Å²) < 4.78 is 26.3.